The lowest BCUT2D eigenvalue weighted by atomic mass is 9.95. The molecule has 88 valence electrons. The van der Waals surface area contributed by atoms with Gasteiger partial charge in [0.1, 0.15) is 0 Å². The number of phenols is 1. The van der Waals surface area contributed by atoms with Gasteiger partial charge in [-0.1, -0.05) is 12.5 Å². The van der Waals surface area contributed by atoms with Crippen molar-refractivity contribution in [2.24, 2.45) is 0 Å². The second-order valence-corrected chi connectivity index (χ2v) is 4.41. The SMILES string of the molecule is COc1cc(C)cc(C2CCCCN2)c1O. The van der Waals surface area contributed by atoms with E-state index < -0.39 is 0 Å². The van der Waals surface area contributed by atoms with Crippen LogP contribution >= 0.6 is 0 Å². The Morgan fingerprint density at radius 3 is 2.81 bits per heavy atom. The van der Waals surface area contributed by atoms with Crippen LogP contribution in [-0.4, -0.2) is 18.8 Å². The number of hydrogen-bond donors (Lipinski definition) is 2. The fraction of sp³-hybridized carbons (Fsp3) is 0.538. The van der Waals surface area contributed by atoms with Crippen LogP contribution in [0, 0.1) is 6.92 Å². The van der Waals surface area contributed by atoms with E-state index >= 15 is 0 Å². The number of rotatable bonds is 2. The zero-order chi connectivity index (χ0) is 11.5. The van der Waals surface area contributed by atoms with Gasteiger partial charge in [-0.05, 0) is 37.9 Å². The van der Waals surface area contributed by atoms with E-state index in [-0.39, 0.29) is 11.8 Å². The van der Waals surface area contributed by atoms with Crippen molar-refractivity contribution in [3.05, 3.63) is 23.3 Å². The van der Waals surface area contributed by atoms with Gasteiger partial charge in [-0.15, -0.1) is 0 Å². The number of methoxy groups -OCH3 is 1. The highest BCUT2D eigenvalue weighted by Gasteiger charge is 2.20. The lowest BCUT2D eigenvalue weighted by Gasteiger charge is -2.25. The Kier molecular flexibility index (Phi) is 3.34. The third kappa shape index (κ3) is 2.14. The number of hydrogen-bond acceptors (Lipinski definition) is 3. The van der Waals surface area contributed by atoms with E-state index in [1.165, 1.54) is 12.8 Å². The largest absolute Gasteiger partial charge is 0.504 e. The number of piperidine rings is 1. The lowest BCUT2D eigenvalue weighted by molar-refractivity contribution is 0.354. The molecule has 16 heavy (non-hydrogen) atoms. The second kappa shape index (κ2) is 4.74. The van der Waals surface area contributed by atoms with E-state index in [0.29, 0.717) is 5.75 Å². The summed E-state index contributed by atoms with van der Waals surface area (Å²) in [6.45, 7) is 3.05. The molecule has 1 unspecified atom stereocenters. The molecule has 0 bridgehead atoms. The summed E-state index contributed by atoms with van der Waals surface area (Å²) >= 11 is 0. The number of aryl methyl sites for hydroxylation is 1. The van der Waals surface area contributed by atoms with Gasteiger partial charge in [0.25, 0.3) is 0 Å². The fourth-order valence-electron chi connectivity index (χ4n) is 2.31. The first-order valence-corrected chi connectivity index (χ1v) is 5.83. The Labute approximate surface area is 96.4 Å². The zero-order valence-corrected chi connectivity index (χ0v) is 9.92. The van der Waals surface area contributed by atoms with Gasteiger partial charge >= 0.3 is 0 Å². The van der Waals surface area contributed by atoms with Gasteiger partial charge in [0.05, 0.1) is 7.11 Å². The molecule has 1 heterocycles. The molecule has 0 radical (unpaired) electrons. The van der Waals surface area contributed by atoms with Crippen molar-refractivity contribution < 1.29 is 9.84 Å². The number of phenolic OH excluding ortho intramolecular Hbond substituents is 1. The zero-order valence-electron chi connectivity index (χ0n) is 9.92. The maximum absolute atomic E-state index is 10.1. The lowest BCUT2D eigenvalue weighted by Crippen LogP contribution is -2.26. The van der Waals surface area contributed by atoms with Crippen LogP contribution in [0.25, 0.3) is 0 Å². The standard InChI is InChI=1S/C13H19NO2/c1-9-7-10(11-5-3-4-6-14-11)13(15)12(8-9)16-2/h7-8,11,14-15H,3-6H2,1-2H3. The summed E-state index contributed by atoms with van der Waals surface area (Å²) in [5.41, 5.74) is 2.09. The third-order valence-corrected chi connectivity index (χ3v) is 3.15. The topological polar surface area (TPSA) is 41.5 Å². The molecule has 1 aromatic rings. The van der Waals surface area contributed by atoms with Crippen LogP contribution in [0.2, 0.25) is 0 Å². The number of benzene rings is 1. The van der Waals surface area contributed by atoms with Gasteiger partial charge in [0.2, 0.25) is 0 Å². The Hall–Kier alpha value is -1.22. The van der Waals surface area contributed by atoms with Gasteiger partial charge in [0.15, 0.2) is 11.5 Å². The molecule has 1 aromatic carbocycles. The summed E-state index contributed by atoms with van der Waals surface area (Å²) in [5.74, 6) is 0.856. The number of ether oxygens (including phenoxy) is 1. The van der Waals surface area contributed by atoms with E-state index in [1.54, 1.807) is 7.11 Å². The highest BCUT2D eigenvalue weighted by atomic mass is 16.5. The molecule has 1 atom stereocenters. The van der Waals surface area contributed by atoms with Crippen molar-refractivity contribution in [3.8, 4) is 11.5 Å². The summed E-state index contributed by atoms with van der Waals surface area (Å²) in [6, 6.07) is 4.17. The predicted molar refractivity (Wildman–Crippen MR) is 64.0 cm³/mol. The average molecular weight is 221 g/mol. The average Bonchev–Trinajstić information content (AvgIpc) is 2.33. The van der Waals surface area contributed by atoms with Gasteiger partial charge in [-0.2, -0.15) is 0 Å². The molecule has 0 amide bonds. The Balaban J connectivity index is 2.34. The molecule has 3 nitrogen and oxygen atoms in total. The van der Waals surface area contributed by atoms with E-state index in [9.17, 15) is 5.11 Å². The normalized spacial score (nSPS) is 20.8. The minimum atomic E-state index is 0.266. The molecule has 0 saturated carbocycles. The molecule has 2 rings (SSSR count). The quantitative estimate of drug-likeness (QED) is 0.806. The van der Waals surface area contributed by atoms with Gasteiger partial charge < -0.3 is 15.2 Å². The second-order valence-electron chi connectivity index (χ2n) is 4.41. The first-order valence-electron chi connectivity index (χ1n) is 5.83. The van der Waals surface area contributed by atoms with Crippen molar-refractivity contribution in [1.29, 1.82) is 0 Å². The summed E-state index contributed by atoms with van der Waals surface area (Å²) < 4.78 is 5.18. The minimum absolute atomic E-state index is 0.266. The molecule has 3 heteroatoms. The Morgan fingerprint density at radius 1 is 1.38 bits per heavy atom. The molecular weight excluding hydrogens is 202 g/mol. The Morgan fingerprint density at radius 2 is 2.19 bits per heavy atom. The third-order valence-electron chi connectivity index (χ3n) is 3.15. The van der Waals surface area contributed by atoms with Crippen LogP contribution in [0.1, 0.15) is 36.4 Å². The van der Waals surface area contributed by atoms with Crippen LogP contribution in [0.4, 0.5) is 0 Å². The molecule has 1 aliphatic rings. The smallest absolute Gasteiger partial charge is 0.162 e. The summed E-state index contributed by atoms with van der Waals surface area (Å²) in [4.78, 5) is 0. The highest BCUT2D eigenvalue weighted by Crippen LogP contribution is 2.37. The predicted octanol–water partition coefficient (Wildman–Crippen LogP) is 2.52. The van der Waals surface area contributed by atoms with Crippen molar-refractivity contribution in [3.63, 3.8) is 0 Å². The van der Waals surface area contributed by atoms with E-state index in [2.05, 4.69) is 5.32 Å². The molecule has 0 aliphatic carbocycles. The van der Waals surface area contributed by atoms with Crippen LogP contribution < -0.4 is 10.1 Å². The van der Waals surface area contributed by atoms with Crippen molar-refractivity contribution in [2.75, 3.05) is 13.7 Å². The van der Waals surface area contributed by atoms with Crippen LogP contribution in [-0.2, 0) is 0 Å². The minimum Gasteiger partial charge on any atom is -0.504 e. The molecule has 0 aromatic heterocycles. The summed E-state index contributed by atoms with van der Waals surface area (Å²) in [7, 11) is 1.59. The summed E-state index contributed by atoms with van der Waals surface area (Å²) in [5, 5.41) is 13.5. The van der Waals surface area contributed by atoms with Crippen LogP contribution in [0.15, 0.2) is 12.1 Å². The highest BCUT2D eigenvalue weighted by molar-refractivity contribution is 5.49. The van der Waals surface area contributed by atoms with Crippen LogP contribution in [0.5, 0.6) is 11.5 Å². The van der Waals surface area contributed by atoms with Gasteiger partial charge in [-0.3, -0.25) is 0 Å². The molecule has 0 spiro atoms. The summed E-state index contributed by atoms with van der Waals surface area (Å²) in [6.07, 6.45) is 3.52. The van der Waals surface area contributed by atoms with E-state index in [0.717, 1.165) is 24.1 Å². The number of nitrogens with one attached hydrogen (secondary N) is 1. The van der Waals surface area contributed by atoms with Crippen molar-refractivity contribution in [2.45, 2.75) is 32.2 Å². The first-order chi connectivity index (χ1) is 7.72. The molecule has 2 N–H and O–H groups in total. The molecule has 1 fully saturated rings. The maximum atomic E-state index is 10.1. The Bertz CT molecular complexity index is 370. The van der Waals surface area contributed by atoms with E-state index in [4.69, 9.17) is 4.74 Å². The number of aromatic hydroxyl groups is 1. The first kappa shape index (κ1) is 11.3. The van der Waals surface area contributed by atoms with E-state index in [1.807, 2.05) is 19.1 Å². The molecule has 1 saturated heterocycles. The van der Waals surface area contributed by atoms with Crippen molar-refractivity contribution in [1.82, 2.24) is 5.32 Å². The monoisotopic (exact) mass is 221 g/mol. The van der Waals surface area contributed by atoms with Gasteiger partial charge in [0, 0.05) is 11.6 Å². The van der Waals surface area contributed by atoms with Crippen LogP contribution in [0.3, 0.4) is 0 Å². The molecule has 1 aliphatic heterocycles. The maximum Gasteiger partial charge on any atom is 0.162 e. The van der Waals surface area contributed by atoms with Gasteiger partial charge in [-0.25, -0.2) is 0 Å². The van der Waals surface area contributed by atoms with Crippen molar-refractivity contribution >= 4 is 0 Å². The molecular formula is C13H19NO2. The fourth-order valence-corrected chi connectivity index (χ4v) is 2.31.